The van der Waals surface area contributed by atoms with Gasteiger partial charge in [-0.15, -0.1) is 0 Å². The van der Waals surface area contributed by atoms with E-state index in [2.05, 4.69) is 6.92 Å². The van der Waals surface area contributed by atoms with Gasteiger partial charge in [-0.05, 0) is 185 Å². The Morgan fingerprint density at radius 1 is 0.600 bits per heavy atom. The molecule has 13 nitrogen and oxygen atoms in total. The van der Waals surface area contributed by atoms with Gasteiger partial charge in [0.05, 0.1) is 72.8 Å². The summed E-state index contributed by atoms with van der Waals surface area (Å²) in [6.07, 6.45) is 8.50. The number of esters is 4. The van der Waals surface area contributed by atoms with Crippen LogP contribution in [0.5, 0.6) is 0 Å². The van der Waals surface area contributed by atoms with Crippen molar-refractivity contribution in [3.63, 3.8) is 0 Å². The van der Waals surface area contributed by atoms with Crippen molar-refractivity contribution in [2.24, 2.45) is 136 Å². The molecule has 0 aromatic heterocycles. The molecule has 12 bridgehead atoms. The van der Waals surface area contributed by atoms with E-state index in [-0.39, 0.29) is 127 Å². The Bertz CT molecular complexity index is 2030. The van der Waals surface area contributed by atoms with Crippen LogP contribution in [0.3, 0.4) is 0 Å². The summed E-state index contributed by atoms with van der Waals surface area (Å²) in [4.78, 5) is 65.9. The highest BCUT2D eigenvalue weighted by Gasteiger charge is 2.75. The van der Waals surface area contributed by atoms with Crippen LogP contribution in [0, 0.1) is 136 Å². The topological polar surface area (TPSA) is 181 Å². The first-order valence-corrected chi connectivity index (χ1v) is 26.1. The van der Waals surface area contributed by atoms with E-state index in [1.54, 1.807) is 6.92 Å². The summed E-state index contributed by atoms with van der Waals surface area (Å²) < 4.78 is 38.7. The molecule has 13 aliphatic rings. The standard InChI is InChI=1S/C52H70O13/c1-18-23(42-39-27-10-21(35(39)41(18)61-42)14-34(27)51(59)65-52(3,4)5)15-28-31(46-40-26-11-22(37(40)43(28)62-46)13-33(26)49(57)60-8-6-7-53)17-30-29(16-24-19(2)48(56)64-50(24)58)45-38-25-9-20(12-32(25)47(54)55)36(38)44(30)63-45/h18-46,53H,6-17H2,1-5H3,(H,54,55). The van der Waals surface area contributed by atoms with Gasteiger partial charge in [0.1, 0.15) is 5.60 Å². The third-order valence-electron chi connectivity index (χ3n) is 22.0. The Balaban J connectivity index is 0.819. The fourth-order valence-corrected chi connectivity index (χ4v) is 20.2. The second-order valence-electron chi connectivity index (χ2n) is 25.3. The summed E-state index contributed by atoms with van der Waals surface area (Å²) in [6.45, 7) is 10.3. The molecule has 6 saturated carbocycles. The van der Waals surface area contributed by atoms with Crippen molar-refractivity contribution in [1.29, 1.82) is 0 Å². The number of rotatable bonds is 12. The minimum Gasteiger partial charge on any atom is -0.481 e. The zero-order valence-corrected chi connectivity index (χ0v) is 38.6. The second-order valence-corrected chi connectivity index (χ2v) is 25.3. The number of ether oxygens (including phenoxy) is 6. The predicted octanol–water partition coefficient (Wildman–Crippen LogP) is 5.57. The lowest BCUT2D eigenvalue weighted by Gasteiger charge is -2.47. The maximum Gasteiger partial charge on any atom is 0.317 e. The van der Waals surface area contributed by atoms with Crippen molar-refractivity contribution in [3.8, 4) is 0 Å². The van der Waals surface area contributed by atoms with Gasteiger partial charge < -0.3 is 38.6 Å². The Morgan fingerprint density at radius 3 is 1.58 bits per heavy atom. The Hall–Kier alpha value is -2.61. The Labute approximate surface area is 381 Å². The van der Waals surface area contributed by atoms with E-state index in [0.29, 0.717) is 78.4 Å². The number of hydrogen-bond acceptors (Lipinski definition) is 12. The van der Waals surface area contributed by atoms with Crippen molar-refractivity contribution < 1.29 is 62.6 Å². The van der Waals surface area contributed by atoms with Crippen LogP contribution in [0.2, 0.25) is 0 Å². The van der Waals surface area contributed by atoms with Crippen molar-refractivity contribution in [2.75, 3.05) is 13.2 Å². The van der Waals surface area contributed by atoms with E-state index in [0.717, 1.165) is 44.9 Å². The number of hydrogen-bond donors (Lipinski definition) is 2. The number of aliphatic carboxylic acids is 1. The molecule has 0 radical (unpaired) electrons. The van der Waals surface area contributed by atoms with E-state index in [4.69, 9.17) is 28.4 Å². The van der Waals surface area contributed by atoms with Crippen LogP contribution in [0.15, 0.2) is 0 Å². The van der Waals surface area contributed by atoms with E-state index >= 15 is 0 Å². The number of carboxylic acids is 1. The van der Waals surface area contributed by atoms with E-state index < -0.39 is 35.3 Å². The predicted molar refractivity (Wildman–Crippen MR) is 226 cm³/mol. The van der Waals surface area contributed by atoms with E-state index in [1.807, 2.05) is 20.8 Å². The molecule has 6 aliphatic carbocycles. The quantitative estimate of drug-likeness (QED) is 0.108. The molecular formula is C52H70O13. The SMILES string of the molecule is CC1C(=O)OC(=O)C1CC1C(CC2C(CC3C(C)C4OC3C3C5CC(CC5C(=O)OC(C)(C)C)C43)C3OC2C2C4CC(CC4C(=O)OCCCO)C32)C2OC1C1C3CC(CC3C(=O)O)C21. The molecule has 0 aromatic carbocycles. The van der Waals surface area contributed by atoms with Crippen LogP contribution < -0.4 is 0 Å². The monoisotopic (exact) mass is 902 g/mol. The van der Waals surface area contributed by atoms with Gasteiger partial charge in [-0.2, -0.15) is 0 Å². The summed E-state index contributed by atoms with van der Waals surface area (Å²) in [5.74, 6) is 1.67. The first-order chi connectivity index (χ1) is 31.1. The Morgan fingerprint density at radius 2 is 1.06 bits per heavy atom. The largest absolute Gasteiger partial charge is 0.481 e. The van der Waals surface area contributed by atoms with Gasteiger partial charge >= 0.3 is 29.8 Å². The van der Waals surface area contributed by atoms with Gasteiger partial charge in [0, 0.05) is 13.0 Å². The molecule has 13 heteroatoms. The summed E-state index contributed by atoms with van der Waals surface area (Å²) in [5, 5.41) is 19.7. The van der Waals surface area contributed by atoms with E-state index in [9.17, 15) is 34.2 Å². The fourth-order valence-electron chi connectivity index (χ4n) is 20.2. The third kappa shape index (κ3) is 5.91. The lowest BCUT2D eigenvalue weighted by molar-refractivity contribution is -0.163. The second kappa shape index (κ2) is 14.7. The molecule has 2 N–H and O–H groups in total. The third-order valence-corrected chi connectivity index (χ3v) is 22.0. The zero-order chi connectivity index (χ0) is 44.9. The molecule has 13 rings (SSSR count). The fraction of sp³-hybridized carbons (Fsp3) is 0.904. The number of carbonyl (C=O) groups is 5. The zero-order valence-electron chi connectivity index (χ0n) is 38.6. The van der Waals surface area contributed by atoms with Gasteiger partial charge in [0.2, 0.25) is 0 Å². The molecule has 29 atom stereocenters. The molecule has 7 heterocycles. The van der Waals surface area contributed by atoms with Crippen molar-refractivity contribution in [2.45, 2.75) is 141 Å². The number of cyclic esters (lactones) is 2. The molecular weight excluding hydrogens is 833 g/mol. The van der Waals surface area contributed by atoms with Crippen molar-refractivity contribution in [3.05, 3.63) is 0 Å². The van der Waals surface area contributed by atoms with Crippen LogP contribution in [0.25, 0.3) is 0 Å². The molecule has 7 aliphatic heterocycles. The average Bonchev–Trinajstić information content (AvgIpc) is 4.10. The number of carboxylic acid groups (broad SMARTS) is 1. The minimum atomic E-state index is -0.709. The van der Waals surface area contributed by atoms with Crippen molar-refractivity contribution >= 4 is 29.8 Å². The van der Waals surface area contributed by atoms with E-state index in [1.165, 1.54) is 0 Å². The first kappa shape index (κ1) is 42.5. The molecule has 7 saturated heterocycles. The average molecular weight is 903 g/mol. The maximum absolute atomic E-state index is 13.7. The molecule has 13 fully saturated rings. The number of aliphatic hydroxyl groups is 1. The normalized spacial score (nSPS) is 56.2. The minimum absolute atomic E-state index is 0.00451. The first-order valence-electron chi connectivity index (χ1n) is 26.1. The molecule has 29 unspecified atom stereocenters. The van der Waals surface area contributed by atoms with Gasteiger partial charge in [-0.3, -0.25) is 24.0 Å². The highest BCUT2D eigenvalue weighted by atomic mass is 16.6. The molecule has 356 valence electrons. The molecule has 0 aromatic rings. The van der Waals surface area contributed by atoms with Crippen LogP contribution in [-0.4, -0.2) is 95.5 Å². The molecule has 0 spiro atoms. The smallest absolute Gasteiger partial charge is 0.317 e. The van der Waals surface area contributed by atoms with Crippen LogP contribution in [0.4, 0.5) is 0 Å². The lowest BCUT2D eigenvalue weighted by Crippen LogP contribution is -2.51. The highest BCUT2D eigenvalue weighted by Crippen LogP contribution is 2.73. The van der Waals surface area contributed by atoms with Gasteiger partial charge in [0.25, 0.3) is 0 Å². The lowest BCUT2D eigenvalue weighted by atomic mass is 9.54. The number of aliphatic hydroxyl groups excluding tert-OH is 1. The highest BCUT2D eigenvalue weighted by molar-refractivity contribution is 5.96. The van der Waals surface area contributed by atoms with Gasteiger partial charge in [0.15, 0.2) is 0 Å². The Kier molecular flexibility index (Phi) is 9.61. The van der Waals surface area contributed by atoms with Crippen LogP contribution in [0.1, 0.15) is 98.8 Å². The summed E-state index contributed by atoms with van der Waals surface area (Å²) in [6, 6.07) is 0. The molecule has 65 heavy (non-hydrogen) atoms. The van der Waals surface area contributed by atoms with Gasteiger partial charge in [-0.25, -0.2) is 0 Å². The summed E-state index contributed by atoms with van der Waals surface area (Å²) >= 11 is 0. The number of carbonyl (C=O) groups excluding carboxylic acids is 4. The summed E-state index contributed by atoms with van der Waals surface area (Å²) in [7, 11) is 0. The summed E-state index contributed by atoms with van der Waals surface area (Å²) in [5.41, 5.74) is -0.521. The van der Waals surface area contributed by atoms with Crippen LogP contribution in [-0.2, 0) is 52.4 Å². The van der Waals surface area contributed by atoms with Crippen LogP contribution >= 0.6 is 0 Å². The maximum atomic E-state index is 13.7. The number of fused-ring (bicyclic) bond motifs is 27. The van der Waals surface area contributed by atoms with Gasteiger partial charge in [-0.1, -0.05) is 13.8 Å². The van der Waals surface area contributed by atoms with Crippen molar-refractivity contribution in [1.82, 2.24) is 0 Å². The molecule has 0 amide bonds.